The zero-order valence-electron chi connectivity index (χ0n) is 11.9. The molecule has 21 heavy (non-hydrogen) atoms. The second-order valence-electron chi connectivity index (χ2n) is 5.71. The summed E-state index contributed by atoms with van der Waals surface area (Å²) in [6.45, 7) is 0.660. The maximum Gasteiger partial charge on any atom is 0.245 e. The minimum Gasteiger partial charge on any atom is -0.393 e. The Kier molecular flexibility index (Phi) is 4.60. The third-order valence-corrected chi connectivity index (χ3v) is 5.15. The summed E-state index contributed by atoms with van der Waals surface area (Å²) in [6.07, 6.45) is 2.48. The average Bonchev–Trinajstić information content (AvgIpc) is 3.15. The van der Waals surface area contributed by atoms with Crippen LogP contribution in [0.4, 0.5) is 0 Å². The Balaban J connectivity index is 1.53. The molecule has 112 valence electrons. The molecule has 3 unspecified atom stereocenters. The Labute approximate surface area is 129 Å². The highest BCUT2D eigenvalue weighted by atomic mass is 32.2. The molecule has 0 bridgehead atoms. The molecule has 4 nitrogen and oxygen atoms in total. The van der Waals surface area contributed by atoms with Crippen molar-refractivity contribution in [3.63, 3.8) is 0 Å². The van der Waals surface area contributed by atoms with Gasteiger partial charge in [-0.05, 0) is 25.2 Å². The Hall–Kier alpha value is -1.33. The molecule has 1 aliphatic carbocycles. The molecule has 1 aromatic carbocycles. The largest absolute Gasteiger partial charge is 0.393 e. The summed E-state index contributed by atoms with van der Waals surface area (Å²) in [5.74, 6) is 1.13. The number of rotatable bonds is 4. The third kappa shape index (κ3) is 3.66. The van der Waals surface area contributed by atoms with Crippen molar-refractivity contribution in [3.05, 3.63) is 35.9 Å². The van der Waals surface area contributed by atoms with E-state index in [0.29, 0.717) is 18.2 Å². The highest BCUT2D eigenvalue weighted by molar-refractivity contribution is 8.14. The van der Waals surface area contributed by atoms with Crippen LogP contribution in [0.3, 0.4) is 0 Å². The van der Waals surface area contributed by atoms with Gasteiger partial charge in [-0.25, -0.2) is 0 Å². The van der Waals surface area contributed by atoms with Crippen LogP contribution in [-0.2, 0) is 4.79 Å². The number of aliphatic hydroxyl groups excluding tert-OH is 1. The molecule has 0 spiro atoms. The first-order valence-corrected chi connectivity index (χ1v) is 8.42. The highest BCUT2D eigenvalue weighted by Gasteiger charge is 2.27. The molecule has 0 saturated heterocycles. The lowest BCUT2D eigenvalue weighted by molar-refractivity contribution is -0.121. The summed E-state index contributed by atoms with van der Waals surface area (Å²) in [4.78, 5) is 16.7. The number of thioether (sulfide) groups is 1. The lowest BCUT2D eigenvalue weighted by atomic mass is 10.1. The topological polar surface area (TPSA) is 61.7 Å². The maximum atomic E-state index is 12.2. The van der Waals surface area contributed by atoms with Crippen LogP contribution in [0.1, 0.15) is 24.8 Å². The molecule has 1 fully saturated rings. The van der Waals surface area contributed by atoms with Crippen LogP contribution in [0.2, 0.25) is 0 Å². The van der Waals surface area contributed by atoms with E-state index in [1.807, 2.05) is 30.3 Å². The summed E-state index contributed by atoms with van der Waals surface area (Å²) in [6, 6.07) is 9.70. The van der Waals surface area contributed by atoms with E-state index in [-0.39, 0.29) is 18.1 Å². The van der Waals surface area contributed by atoms with E-state index in [4.69, 9.17) is 0 Å². The molecule has 2 N–H and O–H groups in total. The summed E-state index contributed by atoms with van der Waals surface area (Å²) in [5.41, 5.74) is 1.08. The second-order valence-corrected chi connectivity index (χ2v) is 6.71. The fourth-order valence-corrected chi connectivity index (χ4v) is 3.89. The van der Waals surface area contributed by atoms with Crippen LogP contribution in [-0.4, -0.2) is 40.5 Å². The molecule has 0 aromatic heterocycles. The van der Waals surface area contributed by atoms with Gasteiger partial charge >= 0.3 is 0 Å². The van der Waals surface area contributed by atoms with Crippen LogP contribution in [0.25, 0.3) is 0 Å². The SMILES string of the molecule is O=C(NCC1CCC(O)C1)C1CSC(c2ccccc2)=N1. The number of nitrogens with zero attached hydrogens (tertiary/aromatic N) is 1. The predicted octanol–water partition coefficient (Wildman–Crippen LogP) is 1.83. The van der Waals surface area contributed by atoms with Crippen molar-refractivity contribution in [2.24, 2.45) is 10.9 Å². The third-order valence-electron chi connectivity index (χ3n) is 4.05. The second kappa shape index (κ2) is 6.62. The van der Waals surface area contributed by atoms with Gasteiger partial charge < -0.3 is 10.4 Å². The van der Waals surface area contributed by atoms with Gasteiger partial charge in [0.2, 0.25) is 5.91 Å². The molecule has 3 rings (SSSR count). The number of hydrogen-bond acceptors (Lipinski definition) is 4. The Morgan fingerprint density at radius 2 is 2.14 bits per heavy atom. The van der Waals surface area contributed by atoms with Gasteiger partial charge in [-0.3, -0.25) is 9.79 Å². The van der Waals surface area contributed by atoms with E-state index in [9.17, 15) is 9.90 Å². The number of amides is 1. The maximum absolute atomic E-state index is 12.2. The van der Waals surface area contributed by atoms with Crippen molar-refractivity contribution < 1.29 is 9.90 Å². The zero-order chi connectivity index (χ0) is 14.7. The monoisotopic (exact) mass is 304 g/mol. The number of hydrogen-bond donors (Lipinski definition) is 2. The molecule has 0 radical (unpaired) electrons. The molecule has 1 heterocycles. The van der Waals surface area contributed by atoms with Crippen LogP contribution in [0.5, 0.6) is 0 Å². The van der Waals surface area contributed by atoms with E-state index < -0.39 is 0 Å². The lowest BCUT2D eigenvalue weighted by Crippen LogP contribution is -2.36. The first kappa shape index (κ1) is 14.6. The number of aliphatic imine (C=N–C) groups is 1. The average molecular weight is 304 g/mol. The fourth-order valence-electron chi connectivity index (χ4n) is 2.84. The molecule has 5 heteroatoms. The fraction of sp³-hybridized carbons (Fsp3) is 0.500. The first-order valence-electron chi connectivity index (χ1n) is 7.44. The summed E-state index contributed by atoms with van der Waals surface area (Å²) < 4.78 is 0. The number of benzene rings is 1. The van der Waals surface area contributed by atoms with Crippen LogP contribution in [0, 0.1) is 5.92 Å². The van der Waals surface area contributed by atoms with Crippen molar-refractivity contribution >= 4 is 22.7 Å². The van der Waals surface area contributed by atoms with Gasteiger partial charge in [0, 0.05) is 17.9 Å². The lowest BCUT2D eigenvalue weighted by Gasteiger charge is -2.12. The molecule has 1 aromatic rings. The number of carbonyl (C=O) groups is 1. The van der Waals surface area contributed by atoms with Crippen LogP contribution in [0.15, 0.2) is 35.3 Å². The Morgan fingerprint density at radius 3 is 2.86 bits per heavy atom. The molecule has 1 amide bonds. The summed E-state index contributed by atoms with van der Waals surface area (Å²) in [5, 5.41) is 13.4. The quantitative estimate of drug-likeness (QED) is 0.892. The smallest absolute Gasteiger partial charge is 0.245 e. The standard InChI is InChI=1S/C16H20N2O2S/c19-13-7-6-11(8-13)9-17-15(20)14-10-21-16(18-14)12-4-2-1-3-5-12/h1-5,11,13-14,19H,6-10H2,(H,17,20). The van der Waals surface area contributed by atoms with Crippen molar-refractivity contribution in [2.75, 3.05) is 12.3 Å². The summed E-state index contributed by atoms with van der Waals surface area (Å²) >= 11 is 1.64. The zero-order valence-corrected chi connectivity index (χ0v) is 12.7. The number of aliphatic hydroxyl groups is 1. The highest BCUT2D eigenvalue weighted by Crippen LogP contribution is 2.26. The van der Waals surface area contributed by atoms with Gasteiger partial charge in [-0.2, -0.15) is 0 Å². The summed E-state index contributed by atoms with van der Waals surface area (Å²) in [7, 11) is 0. The minimum atomic E-state index is -0.281. The van der Waals surface area contributed by atoms with Crippen LogP contribution < -0.4 is 5.32 Å². The van der Waals surface area contributed by atoms with Crippen molar-refractivity contribution in [3.8, 4) is 0 Å². The van der Waals surface area contributed by atoms with Gasteiger partial charge in [0.1, 0.15) is 6.04 Å². The van der Waals surface area contributed by atoms with Gasteiger partial charge in [0.15, 0.2) is 0 Å². The van der Waals surface area contributed by atoms with Crippen LogP contribution >= 0.6 is 11.8 Å². The molecule has 2 aliphatic rings. The van der Waals surface area contributed by atoms with E-state index >= 15 is 0 Å². The van der Waals surface area contributed by atoms with Crippen molar-refractivity contribution in [1.29, 1.82) is 0 Å². The van der Waals surface area contributed by atoms with Gasteiger partial charge in [-0.1, -0.05) is 30.3 Å². The Bertz CT molecular complexity index is 532. The molecule has 3 atom stereocenters. The first-order chi connectivity index (χ1) is 10.2. The predicted molar refractivity (Wildman–Crippen MR) is 85.6 cm³/mol. The molecule has 1 aliphatic heterocycles. The van der Waals surface area contributed by atoms with E-state index in [2.05, 4.69) is 10.3 Å². The van der Waals surface area contributed by atoms with Gasteiger partial charge in [-0.15, -0.1) is 11.8 Å². The normalized spacial score (nSPS) is 28.4. The molecular weight excluding hydrogens is 284 g/mol. The van der Waals surface area contributed by atoms with Gasteiger partial charge in [0.05, 0.1) is 11.1 Å². The van der Waals surface area contributed by atoms with E-state index in [0.717, 1.165) is 29.9 Å². The number of nitrogens with one attached hydrogen (secondary N) is 1. The minimum absolute atomic E-state index is 0.00909. The van der Waals surface area contributed by atoms with Crippen molar-refractivity contribution in [1.82, 2.24) is 5.32 Å². The van der Waals surface area contributed by atoms with E-state index in [1.54, 1.807) is 11.8 Å². The molecular formula is C16H20N2O2S. The molecule has 1 saturated carbocycles. The number of carbonyl (C=O) groups excluding carboxylic acids is 1. The van der Waals surface area contributed by atoms with Gasteiger partial charge in [0.25, 0.3) is 0 Å². The Morgan fingerprint density at radius 1 is 1.33 bits per heavy atom. The van der Waals surface area contributed by atoms with E-state index in [1.165, 1.54) is 0 Å². The van der Waals surface area contributed by atoms with Crippen molar-refractivity contribution in [2.45, 2.75) is 31.4 Å².